The fraction of sp³-hybridized carbons (Fsp3) is 0.111. The van der Waals surface area contributed by atoms with Gasteiger partial charge in [0.15, 0.2) is 0 Å². The molecule has 0 fully saturated rings. The summed E-state index contributed by atoms with van der Waals surface area (Å²) in [5, 5.41) is 0. The molecule has 0 aliphatic rings. The maximum atomic E-state index is 2.19. The molecule has 0 spiro atoms. The summed E-state index contributed by atoms with van der Waals surface area (Å²) in [7, 11) is 0. The molecule has 90 valence electrons. The van der Waals surface area contributed by atoms with Crippen molar-refractivity contribution in [3.05, 3.63) is 82.9 Å². The highest BCUT2D eigenvalue weighted by Crippen LogP contribution is 2.12. The van der Waals surface area contributed by atoms with Gasteiger partial charge in [-0.3, -0.25) is 0 Å². The third kappa shape index (κ3) is 3.46. The van der Waals surface area contributed by atoms with E-state index in [0.717, 1.165) is 0 Å². The molecule has 0 aliphatic carbocycles. The molecule has 2 rings (SSSR count). The monoisotopic (exact) mass is 234 g/mol. The van der Waals surface area contributed by atoms with Gasteiger partial charge < -0.3 is 0 Å². The number of hydrogen-bond acceptors (Lipinski definition) is 0. The molecule has 0 bridgehead atoms. The van der Waals surface area contributed by atoms with Crippen LogP contribution in [-0.2, 0) is 0 Å². The first-order chi connectivity index (χ1) is 8.75. The summed E-state index contributed by atoms with van der Waals surface area (Å²) in [6.07, 6.45) is 6.52. The van der Waals surface area contributed by atoms with Crippen LogP contribution in [0.15, 0.2) is 66.2 Å². The summed E-state index contributed by atoms with van der Waals surface area (Å²) in [5.41, 5.74) is 5.08. The third-order valence-electron chi connectivity index (χ3n) is 2.91. The van der Waals surface area contributed by atoms with Crippen LogP contribution in [-0.4, -0.2) is 0 Å². The smallest absolute Gasteiger partial charge is 0.0227 e. The second-order valence-corrected chi connectivity index (χ2v) is 4.49. The molecule has 18 heavy (non-hydrogen) atoms. The van der Waals surface area contributed by atoms with Gasteiger partial charge in [0.1, 0.15) is 0 Å². The Morgan fingerprint density at radius 2 is 1.56 bits per heavy atom. The van der Waals surface area contributed by atoms with Crippen molar-refractivity contribution in [1.82, 2.24) is 0 Å². The molecule has 0 amide bonds. The SMILES string of the molecule is CC(/C=C/c1ccccc1C)=C\c1ccccc1. The van der Waals surface area contributed by atoms with Crippen LogP contribution in [0.25, 0.3) is 12.2 Å². The molecule has 0 heterocycles. The van der Waals surface area contributed by atoms with E-state index in [4.69, 9.17) is 0 Å². The van der Waals surface area contributed by atoms with Crippen LogP contribution in [0.5, 0.6) is 0 Å². The summed E-state index contributed by atoms with van der Waals surface area (Å²) in [4.78, 5) is 0. The van der Waals surface area contributed by atoms with Gasteiger partial charge in [-0.1, -0.05) is 78.4 Å². The van der Waals surface area contributed by atoms with E-state index in [0.29, 0.717) is 0 Å². The summed E-state index contributed by atoms with van der Waals surface area (Å²) in [6.45, 7) is 4.26. The first-order valence-electron chi connectivity index (χ1n) is 6.23. The second-order valence-electron chi connectivity index (χ2n) is 4.49. The zero-order valence-electron chi connectivity index (χ0n) is 10.9. The molecular weight excluding hydrogens is 216 g/mol. The Hall–Kier alpha value is -2.08. The number of aryl methyl sites for hydroxylation is 1. The molecule has 0 nitrogen and oxygen atoms in total. The zero-order valence-corrected chi connectivity index (χ0v) is 10.9. The van der Waals surface area contributed by atoms with Crippen molar-refractivity contribution < 1.29 is 0 Å². The number of rotatable bonds is 3. The van der Waals surface area contributed by atoms with Gasteiger partial charge >= 0.3 is 0 Å². The molecule has 0 atom stereocenters. The molecule has 0 saturated carbocycles. The second kappa shape index (κ2) is 6.02. The maximum Gasteiger partial charge on any atom is -0.0227 e. The van der Waals surface area contributed by atoms with Crippen LogP contribution in [0.2, 0.25) is 0 Å². The van der Waals surface area contributed by atoms with E-state index in [1.165, 1.54) is 22.3 Å². The van der Waals surface area contributed by atoms with Crippen molar-refractivity contribution in [3.63, 3.8) is 0 Å². The van der Waals surface area contributed by atoms with Crippen LogP contribution in [0.4, 0.5) is 0 Å². The van der Waals surface area contributed by atoms with Crippen molar-refractivity contribution in [2.75, 3.05) is 0 Å². The van der Waals surface area contributed by atoms with E-state index < -0.39 is 0 Å². The molecule has 0 radical (unpaired) electrons. The van der Waals surface area contributed by atoms with E-state index in [1.54, 1.807) is 0 Å². The highest BCUT2D eigenvalue weighted by Gasteiger charge is 1.91. The minimum Gasteiger partial charge on any atom is -0.0622 e. The highest BCUT2D eigenvalue weighted by atomic mass is 14.0. The minimum atomic E-state index is 1.24. The lowest BCUT2D eigenvalue weighted by Gasteiger charge is -1.99. The first kappa shape index (κ1) is 12.4. The van der Waals surface area contributed by atoms with Crippen molar-refractivity contribution in [2.24, 2.45) is 0 Å². The van der Waals surface area contributed by atoms with Gasteiger partial charge in [-0.2, -0.15) is 0 Å². The van der Waals surface area contributed by atoms with Crippen LogP contribution in [0, 0.1) is 6.92 Å². The molecule has 0 N–H and O–H groups in total. The fourth-order valence-corrected chi connectivity index (χ4v) is 1.86. The Balaban J connectivity index is 2.15. The standard InChI is InChI=1S/C18H18/c1-15(14-17-9-4-3-5-10-17)12-13-18-11-7-6-8-16(18)2/h3-14H,1-2H3/b13-12+,15-14+. The number of benzene rings is 2. The van der Waals surface area contributed by atoms with Crippen molar-refractivity contribution in [3.8, 4) is 0 Å². The number of allylic oxidation sites excluding steroid dienone is 2. The molecule has 0 aliphatic heterocycles. The van der Waals surface area contributed by atoms with Crippen molar-refractivity contribution in [2.45, 2.75) is 13.8 Å². The zero-order chi connectivity index (χ0) is 12.8. The lowest BCUT2D eigenvalue weighted by atomic mass is 10.1. The third-order valence-corrected chi connectivity index (χ3v) is 2.91. The first-order valence-corrected chi connectivity index (χ1v) is 6.23. The van der Waals surface area contributed by atoms with Gasteiger partial charge in [0, 0.05) is 0 Å². The molecule has 0 saturated heterocycles. The van der Waals surface area contributed by atoms with Crippen molar-refractivity contribution >= 4 is 12.2 Å². The minimum absolute atomic E-state index is 1.24. The molecular formula is C18H18. The maximum absolute atomic E-state index is 2.19. The number of hydrogen-bond donors (Lipinski definition) is 0. The lowest BCUT2D eigenvalue weighted by molar-refractivity contribution is 1.44. The predicted molar refractivity (Wildman–Crippen MR) is 80.3 cm³/mol. The average molecular weight is 234 g/mol. The Morgan fingerprint density at radius 1 is 0.889 bits per heavy atom. The molecule has 0 heteroatoms. The van der Waals surface area contributed by atoms with E-state index in [9.17, 15) is 0 Å². The Kier molecular flexibility index (Phi) is 4.14. The highest BCUT2D eigenvalue weighted by molar-refractivity contribution is 5.62. The fourth-order valence-electron chi connectivity index (χ4n) is 1.86. The quantitative estimate of drug-likeness (QED) is 0.647. The Morgan fingerprint density at radius 3 is 2.28 bits per heavy atom. The van der Waals surface area contributed by atoms with Gasteiger partial charge in [0.25, 0.3) is 0 Å². The van der Waals surface area contributed by atoms with Crippen LogP contribution in [0.3, 0.4) is 0 Å². The average Bonchev–Trinajstić information content (AvgIpc) is 2.39. The normalized spacial score (nSPS) is 12.0. The van der Waals surface area contributed by atoms with Gasteiger partial charge in [0.2, 0.25) is 0 Å². The Bertz CT molecular complexity index is 560. The molecule has 0 unspecified atom stereocenters. The van der Waals surface area contributed by atoms with Gasteiger partial charge in [0.05, 0.1) is 0 Å². The summed E-state index contributed by atoms with van der Waals surface area (Å²) in [5.74, 6) is 0. The summed E-state index contributed by atoms with van der Waals surface area (Å²) in [6, 6.07) is 18.8. The van der Waals surface area contributed by atoms with Crippen LogP contribution >= 0.6 is 0 Å². The van der Waals surface area contributed by atoms with Gasteiger partial charge in [-0.05, 0) is 30.5 Å². The van der Waals surface area contributed by atoms with E-state index in [-0.39, 0.29) is 0 Å². The molecule has 2 aromatic carbocycles. The topological polar surface area (TPSA) is 0 Å². The predicted octanol–water partition coefficient (Wildman–Crippen LogP) is 5.11. The van der Waals surface area contributed by atoms with E-state index in [1.807, 2.05) is 6.07 Å². The molecule has 2 aromatic rings. The Labute approximate surface area is 109 Å². The van der Waals surface area contributed by atoms with Crippen LogP contribution in [0.1, 0.15) is 23.6 Å². The van der Waals surface area contributed by atoms with Crippen LogP contribution < -0.4 is 0 Å². The van der Waals surface area contributed by atoms with Gasteiger partial charge in [-0.25, -0.2) is 0 Å². The van der Waals surface area contributed by atoms with E-state index in [2.05, 4.69) is 80.6 Å². The largest absolute Gasteiger partial charge is 0.0622 e. The summed E-state index contributed by atoms with van der Waals surface area (Å²) >= 11 is 0. The van der Waals surface area contributed by atoms with Crippen molar-refractivity contribution in [1.29, 1.82) is 0 Å². The molecule has 0 aromatic heterocycles. The van der Waals surface area contributed by atoms with E-state index >= 15 is 0 Å². The van der Waals surface area contributed by atoms with Gasteiger partial charge in [-0.15, -0.1) is 0 Å². The summed E-state index contributed by atoms with van der Waals surface area (Å²) < 4.78 is 0. The lowest BCUT2D eigenvalue weighted by Crippen LogP contribution is -1.78.